The fraction of sp³-hybridized carbons (Fsp3) is 0.667. The van der Waals surface area contributed by atoms with Crippen LogP contribution in [0.25, 0.3) is 0 Å². The Hall–Kier alpha value is -1.46. The third-order valence-electron chi connectivity index (χ3n) is 3.66. The van der Waals surface area contributed by atoms with Crippen LogP contribution in [0, 0.1) is 0 Å². The number of hydrogen-bond donors (Lipinski definition) is 0. The fourth-order valence-corrected chi connectivity index (χ4v) is 2.26. The van der Waals surface area contributed by atoms with Gasteiger partial charge in [-0.25, -0.2) is 8.78 Å². The number of benzene rings is 1. The largest absolute Gasteiger partial charge is 0.496 e. The monoisotopic (exact) mass is 350 g/mol. The lowest BCUT2D eigenvalue weighted by Gasteiger charge is -2.29. The molecular formula is C18H26F4O2. The summed E-state index contributed by atoms with van der Waals surface area (Å²) in [6.45, 7) is 10.1. The standard InChI is InChI=1S/C18H26F4O2/c1-16(2,3)11-9-14(24-10-18(21,22)15(19)20)12(17(4,5)6)8-13(11)23-7/h8-9,15H,10H2,1-7H3. The first-order valence-electron chi connectivity index (χ1n) is 7.72. The maximum Gasteiger partial charge on any atom is 0.340 e. The van der Waals surface area contributed by atoms with Crippen LogP contribution in [0.1, 0.15) is 52.7 Å². The Balaban J connectivity index is 3.39. The summed E-state index contributed by atoms with van der Waals surface area (Å²) in [7, 11) is 1.53. The van der Waals surface area contributed by atoms with E-state index in [0.29, 0.717) is 11.3 Å². The summed E-state index contributed by atoms with van der Waals surface area (Å²) < 4.78 is 61.8. The molecule has 0 N–H and O–H groups in total. The van der Waals surface area contributed by atoms with Crippen molar-refractivity contribution in [3.63, 3.8) is 0 Å². The molecule has 0 aliphatic heterocycles. The van der Waals surface area contributed by atoms with Crippen LogP contribution in [-0.4, -0.2) is 26.1 Å². The van der Waals surface area contributed by atoms with Gasteiger partial charge in [0.15, 0.2) is 6.61 Å². The van der Waals surface area contributed by atoms with E-state index in [1.807, 2.05) is 41.5 Å². The Morgan fingerprint density at radius 2 is 1.29 bits per heavy atom. The van der Waals surface area contributed by atoms with Crippen LogP contribution in [0.2, 0.25) is 0 Å². The van der Waals surface area contributed by atoms with Gasteiger partial charge in [0.05, 0.1) is 7.11 Å². The van der Waals surface area contributed by atoms with E-state index in [1.54, 1.807) is 12.1 Å². The molecule has 0 bridgehead atoms. The van der Waals surface area contributed by atoms with Gasteiger partial charge in [0.1, 0.15) is 11.5 Å². The zero-order chi connectivity index (χ0) is 18.9. The smallest absolute Gasteiger partial charge is 0.340 e. The van der Waals surface area contributed by atoms with Crippen molar-refractivity contribution in [2.45, 2.75) is 64.7 Å². The van der Waals surface area contributed by atoms with Gasteiger partial charge in [-0.05, 0) is 23.0 Å². The Labute approximate surface area is 141 Å². The SMILES string of the molecule is COc1cc(C(C)(C)C)c(OCC(F)(F)C(F)F)cc1C(C)(C)C. The summed E-state index contributed by atoms with van der Waals surface area (Å²) >= 11 is 0. The minimum Gasteiger partial charge on any atom is -0.496 e. The average molecular weight is 350 g/mol. The summed E-state index contributed by atoms with van der Waals surface area (Å²) in [5, 5.41) is 0. The quantitative estimate of drug-likeness (QED) is 0.647. The summed E-state index contributed by atoms with van der Waals surface area (Å²) in [5.74, 6) is -3.41. The van der Waals surface area contributed by atoms with Gasteiger partial charge in [-0.15, -0.1) is 0 Å². The Bertz CT molecular complexity index is 570. The Kier molecular flexibility index (Phi) is 5.84. The molecule has 138 valence electrons. The maximum absolute atomic E-state index is 13.2. The van der Waals surface area contributed by atoms with Crippen molar-refractivity contribution in [3.05, 3.63) is 23.3 Å². The van der Waals surface area contributed by atoms with Gasteiger partial charge in [0.25, 0.3) is 0 Å². The normalized spacial score (nSPS) is 13.3. The van der Waals surface area contributed by atoms with E-state index >= 15 is 0 Å². The van der Waals surface area contributed by atoms with Crippen LogP contribution in [0.15, 0.2) is 12.1 Å². The van der Waals surface area contributed by atoms with Crippen LogP contribution in [0.5, 0.6) is 11.5 Å². The molecule has 0 fully saturated rings. The van der Waals surface area contributed by atoms with Crippen molar-refractivity contribution in [2.24, 2.45) is 0 Å². The second-order valence-electron chi connectivity index (χ2n) is 7.90. The van der Waals surface area contributed by atoms with E-state index < -0.39 is 24.4 Å². The number of methoxy groups -OCH3 is 1. The number of ether oxygens (including phenoxy) is 2. The molecule has 0 saturated carbocycles. The van der Waals surface area contributed by atoms with Crippen molar-refractivity contribution in [2.75, 3.05) is 13.7 Å². The molecule has 0 amide bonds. The average Bonchev–Trinajstić information content (AvgIpc) is 2.42. The number of alkyl halides is 4. The van der Waals surface area contributed by atoms with E-state index in [9.17, 15) is 17.6 Å². The van der Waals surface area contributed by atoms with Crippen LogP contribution in [-0.2, 0) is 10.8 Å². The summed E-state index contributed by atoms with van der Waals surface area (Å²) in [4.78, 5) is 0. The van der Waals surface area contributed by atoms with E-state index in [4.69, 9.17) is 9.47 Å². The first-order valence-corrected chi connectivity index (χ1v) is 7.72. The first kappa shape index (κ1) is 20.6. The van der Waals surface area contributed by atoms with Crippen LogP contribution < -0.4 is 9.47 Å². The number of rotatable bonds is 5. The first-order chi connectivity index (χ1) is 10.7. The lowest BCUT2D eigenvalue weighted by atomic mass is 9.81. The zero-order valence-electron chi connectivity index (χ0n) is 15.3. The second kappa shape index (κ2) is 6.81. The molecule has 0 heterocycles. The molecule has 0 unspecified atom stereocenters. The molecule has 1 aromatic rings. The van der Waals surface area contributed by atoms with Crippen molar-refractivity contribution >= 4 is 0 Å². The topological polar surface area (TPSA) is 18.5 Å². The van der Waals surface area contributed by atoms with Gasteiger partial charge >= 0.3 is 12.3 Å². The highest BCUT2D eigenvalue weighted by Gasteiger charge is 2.42. The lowest BCUT2D eigenvalue weighted by Crippen LogP contribution is -2.34. The minimum atomic E-state index is -4.20. The van der Waals surface area contributed by atoms with E-state index in [-0.39, 0.29) is 11.2 Å². The fourth-order valence-electron chi connectivity index (χ4n) is 2.26. The molecule has 2 nitrogen and oxygen atoms in total. The van der Waals surface area contributed by atoms with Gasteiger partial charge in [-0.2, -0.15) is 8.78 Å². The molecular weight excluding hydrogens is 324 g/mol. The molecule has 6 heteroatoms. The maximum atomic E-state index is 13.2. The van der Waals surface area contributed by atoms with Crippen molar-refractivity contribution in [3.8, 4) is 11.5 Å². The van der Waals surface area contributed by atoms with E-state index in [1.165, 1.54) is 7.11 Å². The number of halogens is 4. The van der Waals surface area contributed by atoms with Crippen LogP contribution in [0.3, 0.4) is 0 Å². The molecule has 24 heavy (non-hydrogen) atoms. The molecule has 1 aromatic carbocycles. The zero-order valence-corrected chi connectivity index (χ0v) is 15.3. The molecule has 0 aromatic heterocycles. The summed E-state index contributed by atoms with van der Waals surface area (Å²) in [6.07, 6.45) is -3.77. The van der Waals surface area contributed by atoms with E-state index in [2.05, 4.69) is 0 Å². The third kappa shape index (κ3) is 4.77. The second-order valence-corrected chi connectivity index (χ2v) is 7.90. The van der Waals surface area contributed by atoms with Crippen LogP contribution >= 0.6 is 0 Å². The molecule has 0 atom stereocenters. The van der Waals surface area contributed by atoms with Gasteiger partial charge < -0.3 is 9.47 Å². The lowest BCUT2D eigenvalue weighted by molar-refractivity contribution is -0.148. The third-order valence-corrected chi connectivity index (χ3v) is 3.66. The Morgan fingerprint density at radius 3 is 1.67 bits per heavy atom. The predicted octanol–water partition coefficient (Wildman–Crippen LogP) is 5.57. The molecule has 0 spiro atoms. The highest BCUT2D eigenvalue weighted by atomic mass is 19.3. The Morgan fingerprint density at radius 1 is 0.875 bits per heavy atom. The minimum absolute atomic E-state index is 0.175. The number of hydrogen-bond acceptors (Lipinski definition) is 2. The van der Waals surface area contributed by atoms with E-state index in [0.717, 1.165) is 5.56 Å². The van der Waals surface area contributed by atoms with Gasteiger partial charge in [0, 0.05) is 11.1 Å². The molecule has 0 saturated heterocycles. The molecule has 0 aliphatic rings. The van der Waals surface area contributed by atoms with Gasteiger partial charge in [0.2, 0.25) is 0 Å². The van der Waals surface area contributed by atoms with Crippen molar-refractivity contribution in [1.29, 1.82) is 0 Å². The highest BCUT2D eigenvalue weighted by molar-refractivity contribution is 5.51. The van der Waals surface area contributed by atoms with Crippen molar-refractivity contribution < 1.29 is 27.0 Å². The predicted molar refractivity (Wildman–Crippen MR) is 86.8 cm³/mol. The van der Waals surface area contributed by atoms with Gasteiger partial charge in [-0.3, -0.25) is 0 Å². The molecule has 0 aliphatic carbocycles. The van der Waals surface area contributed by atoms with Crippen LogP contribution in [0.4, 0.5) is 17.6 Å². The van der Waals surface area contributed by atoms with Gasteiger partial charge in [-0.1, -0.05) is 41.5 Å². The molecule has 1 rings (SSSR count). The molecule has 0 radical (unpaired) electrons. The van der Waals surface area contributed by atoms with Crippen molar-refractivity contribution in [1.82, 2.24) is 0 Å². The summed E-state index contributed by atoms with van der Waals surface area (Å²) in [5.41, 5.74) is 0.621. The summed E-state index contributed by atoms with van der Waals surface area (Å²) in [6, 6.07) is 3.34. The highest BCUT2D eigenvalue weighted by Crippen LogP contribution is 2.41.